The Labute approximate surface area is 251 Å². The maximum atomic E-state index is 10.6. The van der Waals surface area contributed by atoms with E-state index in [0.29, 0.717) is 44.5 Å². The average Bonchev–Trinajstić information content (AvgIpc) is 3.64. The number of benzene rings is 6. The van der Waals surface area contributed by atoms with Gasteiger partial charge >= 0.3 is 0 Å². The standard InChI is InChI=1S/C39H19N3O2/c40-20-23-6-5-7-26(16-23)39-33(21-41)30(24-13-15-37-32(17-24)28-9-2-4-11-36(28)43-37)19-31(34(39)22-42)25-12-14-29-27-8-1-3-10-35(27)44-38(29)18-25/h1-19H. The fraction of sp³-hybridized carbons (Fsp3) is 0. The van der Waals surface area contributed by atoms with Gasteiger partial charge in [0, 0.05) is 38.2 Å². The van der Waals surface area contributed by atoms with Crippen LogP contribution in [0.3, 0.4) is 0 Å². The van der Waals surface area contributed by atoms with Crippen LogP contribution < -0.4 is 0 Å². The van der Waals surface area contributed by atoms with Gasteiger partial charge in [-0.05, 0) is 71.3 Å². The Morgan fingerprint density at radius 1 is 0.409 bits per heavy atom. The number of nitriles is 3. The summed E-state index contributed by atoms with van der Waals surface area (Å²) in [6, 6.07) is 43.5. The molecule has 0 amide bonds. The lowest BCUT2D eigenvalue weighted by Crippen LogP contribution is -1.98. The van der Waals surface area contributed by atoms with E-state index in [0.717, 1.165) is 49.4 Å². The van der Waals surface area contributed by atoms with Gasteiger partial charge in [0.05, 0.1) is 22.8 Å². The molecule has 5 heteroatoms. The Morgan fingerprint density at radius 2 is 1.00 bits per heavy atom. The summed E-state index contributed by atoms with van der Waals surface area (Å²) in [5.41, 5.74) is 8.23. The van der Waals surface area contributed by atoms with E-state index in [4.69, 9.17) is 8.83 Å². The summed E-state index contributed by atoms with van der Waals surface area (Å²) in [5, 5.41) is 34.8. The van der Waals surface area contributed by atoms with Crippen molar-refractivity contribution < 1.29 is 8.83 Å². The van der Waals surface area contributed by atoms with Crippen LogP contribution in [0.25, 0.3) is 77.3 Å². The quantitative estimate of drug-likeness (QED) is 0.214. The highest BCUT2D eigenvalue weighted by Gasteiger charge is 2.23. The minimum absolute atomic E-state index is 0.352. The molecular weight excluding hydrogens is 542 g/mol. The van der Waals surface area contributed by atoms with Crippen molar-refractivity contribution in [3.63, 3.8) is 0 Å². The Kier molecular flexibility index (Phi) is 5.56. The lowest BCUT2D eigenvalue weighted by Gasteiger charge is -2.17. The van der Waals surface area contributed by atoms with Crippen molar-refractivity contribution in [3.05, 3.63) is 132 Å². The van der Waals surface area contributed by atoms with Gasteiger partial charge in [0.2, 0.25) is 0 Å². The topological polar surface area (TPSA) is 97.7 Å². The molecule has 0 saturated heterocycles. The number of furan rings is 2. The minimum Gasteiger partial charge on any atom is -0.456 e. The molecule has 0 spiro atoms. The average molecular weight is 562 g/mol. The number of nitrogens with zero attached hydrogens (tertiary/aromatic N) is 3. The van der Waals surface area contributed by atoms with Gasteiger partial charge in [0.15, 0.2) is 0 Å². The Morgan fingerprint density at radius 3 is 1.70 bits per heavy atom. The van der Waals surface area contributed by atoms with Gasteiger partial charge in [-0.3, -0.25) is 0 Å². The maximum absolute atomic E-state index is 10.6. The zero-order valence-electron chi connectivity index (χ0n) is 23.1. The van der Waals surface area contributed by atoms with Crippen LogP contribution in [0.2, 0.25) is 0 Å². The van der Waals surface area contributed by atoms with Gasteiger partial charge in [-0.15, -0.1) is 0 Å². The van der Waals surface area contributed by atoms with E-state index in [2.05, 4.69) is 18.2 Å². The highest BCUT2D eigenvalue weighted by atomic mass is 16.3. The van der Waals surface area contributed by atoms with Crippen LogP contribution in [0.5, 0.6) is 0 Å². The second kappa shape index (κ2) is 9.74. The number of rotatable bonds is 3. The predicted octanol–water partition coefficient (Wildman–Crippen LogP) is 10.1. The SMILES string of the molecule is N#Cc1cccc(-c2c(C#N)c(-c3ccc4c(c3)oc3ccccc34)cc(-c3ccc4oc5ccccc5c4c3)c2C#N)c1. The van der Waals surface area contributed by atoms with E-state index in [-0.39, 0.29) is 0 Å². The van der Waals surface area contributed by atoms with Gasteiger partial charge in [-0.1, -0.05) is 60.7 Å². The summed E-state index contributed by atoms with van der Waals surface area (Å²) in [7, 11) is 0. The van der Waals surface area contributed by atoms with Crippen molar-refractivity contribution in [1.29, 1.82) is 15.8 Å². The fourth-order valence-electron chi connectivity index (χ4n) is 6.19. The molecule has 44 heavy (non-hydrogen) atoms. The van der Waals surface area contributed by atoms with E-state index < -0.39 is 0 Å². The lowest BCUT2D eigenvalue weighted by molar-refractivity contribution is 0.668. The molecule has 5 nitrogen and oxygen atoms in total. The minimum atomic E-state index is 0.352. The van der Waals surface area contributed by atoms with E-state index >= 15 is 0 Å². The monoisotopic (exact) mass is 561 g/mol. The molecule has 8 aromatic rings. The second-order valence-electron chi connectivity index (χ2n) is 10.6. The molecule has 0 aliphatic rings. The van der Waals surface area contributed by atoms with Gasteiger partial charge in [-0.2, -0.15) is 15.8 Å². The van der Waals surface area contributed by atoms with Crippen LogP contribution in [0, 0.1) is 34.0 Å². The first kappa shape index (κ1) is 25.1. The molecule has 6 aromatic carbocycles. The molecule has 202 valence electrons. The van der Waals surface area contributed by atoms with Crippen molar-refractivity contribution in [2.45, 2.75) is 0 Å². The molecular formula is C39H19N3O2. The molecule has 0 bridgehead atoms. The van der Waals surface area contributed by atoms with E-state index in [1.54, 1.807) is 18.2 Å². The summed E-state index contributed by atoms with van der Waals surface area (Å²) in [4.78, 5) is 0. The number of fused-ring (bicyclic) bond motifs is 6. The number of hydrogen-bond donors (Lipinski definition) is 0. The Bertz CT molecular complexity index is 2600. The van der Waals surface area contributed by atoms with Gasteiger partial charge < -0.3 is 8.83 Å². The van der Waals surface area contributed by atoms with Crippen LogP contribution in [-0.2, 0) is 0 Å². The highest BCUT2D eigenvalue weighted by molar-refractivity contribution is 6.08. The van der Waals surface area contributed by atoms with Crippen molar-refractivity contribution in [1.82, 2.24) is 0 Å². The maximum Gasteiger partial charge on any atom is 0.136 e. The van der Waals surface area contributed by atoms with Crippen molar-refractivity contribution in [2.24, 2.45) is 0 Å². The van der Waals surface area contributed by atoms with Crippen LogP contribution in [0.1, 0.15) is 16.7 Å². The first-order chi connectivity index (χ1) is 21.7. The first-order valence-electron chi connectivity index (χ1n) is 14.0. The highest BCUT2D eigenvalue weighted by Crippen LogP contribution is 2.43. The smallest absolute Gasteiger partial charge is 0.136 e. The molecule has 0 N–H and O–H groups in total. The third-order valence-electron chi connectivity index (χ3n) is 8.21. The van der Waals surface area contributed by atoms with Crippen LogP contribution in [0.15, 0.2) is 124 Å². The molecule has 0 unspecified atom stereocenters. The Balaban J connectivity index is 1.46. The summed E-state index contributed by atoms with van der Waals surface area (Å²) >= 11 is 0. The van der Waals surface area contributed by atoms with E-state index in [1.165, 1.54) is 0 Å². The van der Waals surface area contributed by atoms with Gasteiger partial charge in [-0.25, -0.2) is 0 Å². The summed E-state index contributed by atoms with van der Waals surface area (Å²) in [6.07, 6.45) is 0. The third kappa shape index (κ3) is 3.77. The zero-order chi connectivity index (χ0) is 29.8. The van der Waals surface area contributed by atoms with E-state index in [1.807, 2.05) is 97.1 Å². The molecule has 0 aliphatic carbocycles. The molecule has 0 atom stereocenters. The van der Waals surface area contributed by atoms with Crippen LogP contribution in [-0.4, -0.2) is 0 Å². The third-order valence-corrected chi connectivity index (χ3v) is 8.21. The van der Waals surface area contributed by atoms with Crippen LogP contribution >= 0.6 is 0 Å². The predicted molar refractivity (Wildman–Crippen MR) is 171 cm³/mol. The molecule has 0 saturated carbocycles. The lowest BCUT2D eigenvalue weighted by atomic mass is 9.83. The molecule has 0 radical (unpaired) electrons. The van der Waals surface area contributed by atoms with Crippen molar-refractivity contribution in [2.75, 3.05) is 0 Å². The number of hydrogen-bond acceptors (Lipinski definition) is 5. The van der Waals surface area contributed by atoms with Crippen molar-refractivity contribution >= 4 is 43.9 Å². The first-order valence-corrected chi connectivity index (χ1v) is 14.0. The van der Waals surface area contributed by atoms with Crippen LogP contribution in [0.4, 0.5) is 0 Å². The Hall–Kier alpha value is -6.61. The molecule has 0 fully saturated rings. The van der Waals surface area contributed by atoms with E-state index in [9.17, 15) is 15.8 Å². The van der Waals surface area contributed by atoms with Crippen molar-refractivity contribution in [3.8, 4) is 51.6 Å². The molecule has 8 rings (SSSR count). The molecule has 0 aliphatic heterocycles. The van der Waals surface area contributed by atoms with Gasteiger partial charge in [0.25, 0.3) is 0 Å². The normalized spacial score (nSPS) is 11.1. The zero-order valence-corrected chi connectivity index (χ0v) is 23.1. The molecule has 2 aromatic heterocycles. The molecule has 2 heterocycles. The summed E-state index contributed by atoms with van der Waals surface area (Å²) in [5.74, 6) is 0. The number of para-hydroxylation sites is 2. The largest absolute Gasteiger partial charge is 0.456 e. The fourth-order valence-corrected chi connectivity index (χ4v) is 6.19. The second-order valence-corrected chi connectivity index (χ2v) is 10.6. The van der Waals surface area contributed by atoms with Gasteiger partial charge in [0.1, 0.15) is 34.5 Å². The summed E-state index contributed by atoms with van der Waals surface area (Å²) < 4.78 is 12.3. The summed E-state index contributed by atoms with van der Waals surface area (Å²) in [6.45, 7) is 0.